The molecule has 0 saturated carbocycles. The molecule has 6 aromatic rings. The van der Waals surface area contributed by atoms with Crippen molar-refractivity contribution < 1.29 is 38.7 Å². The Morgan fingerprint density at radius 3 is 0.795 bits per heavy atom. The van der Waals surface area contributed by atoms with Gasteiger partial charge in [0.15, 0.2) is 0 Å². The SMILES string of the molecule is NCCCC[C@H](NC(=O)[C@H](CCCCN)NC(=O)[C@@H](N)CCCCN)C(=O)N[C@@H](CCCCN)C(=O)N[C@H](C(=O)N[C@H](C(=O)N[C@H](C(=O)O)C(c1ccccc1)c1ccccc1)C(c1ccccc1)c1ccccc1)C(c1ccccc1)c1ccccc1. The van der Waals surface area contributed by atoms with Crippen molar-refractivity contribution >= 4 is 41.4 Å². The van der Waals surface area contributed by atoms with E-state index in [0.29, 0.717) is 111 Å². The zero-order valence-electron chi connectivity index (χ0n) is 50.1. The van der Waals surface area contributed by atoms with Crippen molar-refractivity contribution in [1.82, 2.24) is 31.9 Å². The van der Waals surface area contributed by atoms with Crippen LogP contribution < -0.4 is 60.6 Å². The first kappa shape index (κ1) is 68.5. The van der Waals surface area contributed by atoms with Gasteiger partial charge in [-0.3, -0.25) is 28.8 Å². The highest BCUT2D eigenvalue weighted by molar-refractivity contribution is 5.98. The molecule has 0 unspecified atom stereocenters. The zero-order valence-corrected chi connectivity index (χ0v) is 50.1. The Labute approximate surface area is 517 Å². The van der Waals surface area contributed by atoms with E-state index in [4.69, 9.17) is 28.7 Å². The first-order valence-corrected chi connectivity index (χ1v) is 30.7. The second-order valence-corrected chi connectivity index (χ2v) is 22.1. The van der Waals surface area contributed by atoms with Gasteiger partial charge in [0.05, 0.1) is 6.04 Å². The van der Waals surface area contributed by atoms with Crippen LogP contribution in [0.15, 0.2) is 182 Å². The molecule has 6 aromatic carbocycles. The predicted molar refractivity (Wildman–Crippen MR) is 343 cm³/mol. The Morgan fingerprint density at radius 1 is 0.295 bits per heavy atom. The van der Waals surface area contributed by atoms with Gasteiger partial charge in [-0.1, -0.05) is 188 Å². The summed E-state index contributed by atoms with van der Waals surface area (Å²) in [5.74, 6) is -8.31. The summed E-state index contributed by atoms with van der Waals surface area (Å²) in [7, 11) is 0. The molecule has 0 saturated heterocycles. The van der Waals surface area contributed by atoms with Gasteiger partial charge in [0, 0.05) is 17.8 Å². The molecule has 6 rings (SSSR count). The molecule has 0 aromatic heterocycles. The summed E-state index contributed by atoms with van der Waals surface area (Å²) in [5, 5.41) is 28.8. The van der Waals surface area contributed by atoms with Crippen LogP contribution in [0.5, 0.6) is 0 Å². The van der Waals surface area contributed by atoms with E-state index in [1.807, 2.05) is 133 Å². The molecule has 0 fully saturated rings. The summed E-state index contributed by atoms with van der Waals surface area (Å²) in [6, 6.07) is 45.3. The molecule has 19 heteroatoms. The molecule has 0 aliphatic rings. The smallest absolute Gasteiger partial charge is 0.327 e. The van der Waals surface area contributed by atoms with Crippen LogP contribution in [0.2, 0.25) is 0 Å². The number of hydrogen-bond acceptors (Lipinski definition) is 12. The first-order valence-electron chi connectivity index (χ1n) is 30.7. The van der Waals surface area contributed by atoms with Crippen LogP contribution in [0.4, 0.5) is 0 Å². The zero-order chi connectivity index (χ0) is 63.0. The van der Waals surface area contributed by atoms with Crippen LogP contribution >= 0.6 is 0 Å². The standard InChI is InChI=1S/C69H89N11O8/c70-43-23-19-39-53(74)63(81)75-54(40-20-24-44-71)64(82)76-55(41-21-25-45-72)65(83)77-56(42-22-26-46-73)66(84)78-60(57(47-27-7-1-8-28-47)48-29-9-2-10-30-48)67(85)79-61(58(49-31-11-3-12-32-49)50-33-13-4-14-34-50)68(86)80-62(69(87)88)59(51-35-15-5-16-36-51)52-37-17-6-18-38-52/h1-18,27-38,53-62H,19-26,39-46,70-74H2,(H,75,81)(H,76,82)(H,77,83)(H,78,84)(H,79,85)(H,80,86)(H,87,88)/t53-,54-,55-,56-,60-,61-,62-/m0/s1. The number of hydrogen-bond donors (Lipinski definition) is 12. The number of rotatable bonds is 38. The number of unbranched alkanes of at least 4 members (excludes halogenated alkanes) is 4. The molecule has 468 valence electrons. The molecular weight excluding hydrogens is 1110 g/mol. The van der Waals surface area contributed by atoms with Gasteiger partial charge in [0.1, 0.15) is 36.3 Å². The molecule has 0 bridgehead atoms. The lowest BCUT2D eigenvalue weighted by Crippen LogP contribution is -2.61. The van der Waals surface area contributed by atoms with Gasteiger partial charge in [-0.2, -0.15) is 0 Å². The minimum atomic E-state index is -1.56. The maximum atomic E-state index is 16.1. The minimum absolute atomic E-state index is 0.0590. The number of carbonyl (C=O) groups is 7. The van der Waals surface area contributed by atoms with Crippen LogP contribution in [0.25, 0.3) is 0 Å². The Hall–Kier alpha value is -8.59. The average Bonchev–Trinajstić information content (AvgIpc) is 1.36. The quantitative estimate of drug-likeness (QED) is 0.0219. The van der Waals surface area contributed by atoms with Crippen molar-refractivity contribution in [3.8, 4) is 0 Å². The van der Waals surface area contributed by atoms with Crippen LogP contribution in [0.1, 0.15) is 128 Å². The molecule has 0 aliphatic heterocycles. The number of carbonyl (C=O) groups excluding carboxylic acids is 6. The third-order valence-electron chi connectivity index (χ3n) is 15.7. The van der Waals surface area contributed by atoms with E-state index in [9.17, 15) is 24.3 Å². The number of carboxylic acids is 1. The monoisotopic (exact) mass is 1200 g/mol. The fourth-order valence-corrected chi connectivity index (χ4v) is 11.1. The molecule has 0 radical (unpaired) electrons. The van der Waals surface area contributed by atoms with E-state index in [0.717, 1.165) is 0 Å². The van der Waals surface area contributed by atoms with Crippen molar-refractivity contribution in [2.45, 2.75) is 137 Å². The van der Waals surface area contributed by atoms with Crippen molar-refractivity contribution in [3.05, 3.63) is 215 Å². The molecule has 7 atom stereocenters. The molecule has 19 nitrogen and oxygen atoms in total. The lowest BCUT2D eigenvalue weighted by atomic mass is 9.81. The van der Waals surface area contributed by atoms with E-state index >= 15 is 14.4 Å². The van der Waals surface area contributed by atoms with Gasteiger partial charge in [-0.25, -0.2) is 4.79 Å². The topological polar surface area (TPSA) is 342 Å². The predicted octanol–water partition coefficient (Wildman–Crippen LogP) is 5.32. The normalized spacial score (nSPS) is 13.7. The van der Waals surface area contributed by atoms with E-state index < -0.39 is 101 Å². The number of nitrogens with two attached hydrogens (primary N) is 5. The largest absolute Gasteiger partial charge is 0.480 e. The van der Waals surface area contributed by atoms with Crippen LogP contribution in [-0.4, -0.2) is 115 Å². The first-order chi connectivity index (χ1) is 42.8. The second kappa shape index (κ2) is 37.2. The maximum absolute atomic E-state index is 16.1. The summed E-state index contributed by atoms with van der Waals surface area (Å²) in [6.07, 6.45) is 4.86. The Morgan fingerprint density at radius 2 is 0.523 bits per heavy atom. The molecule has 0 heterocycles. The summed E-state index contributed by atoms with van der Waals surface area (Å²) in [4.78, 5) is 104. The molecule has 6 amide bonds. The third-order valence-corrected chi connectivity index (χ3v) is 15.7. The molecule has 0 aliphatic carbocycles. The van der Waals surface area contributed by atoms with Gasteiger partial charge in [0.2, 0.25) is 35.4 Å². The fraction of sp³-hybridized carbons (Fsp3) is 0.377. The summed E-state index contributed by atoms with van der Waals surface area (Å²) in [6.45, 7) is 1.38. The van der Waals surface area contributed by atoms with Crippen LogP contribution in [0, 0.1) is 0 Å². The van der Waals surface area contributed by atoms with E-state index in [1.165, 1.54) is 0 Å². The third kappa shape index (κ3) is 20.8. The maximum Gasteiger partial charge on any atom is 0.327 e. The number of carboxylic acid groups (broad SMARTS) is 1. The summed E-state index contributed by atoms with van der Waals surface area (Å²) < 4.78 is 0. The van der Waals surface area contributed by atoms with Gasteiger partial charge in [-0.15, -0.1) is 0 Å². The number of nitrogens with one attached hydrogen (secondary N) is 6. The highest BCUT2D eigenvalue weighted by Gasteiger charge is 2.42. The van der Waals surface area contributed by atoms with Crippen LogP contribution in [-0.2, 0) is 33.6 Å². The van der Waals surface area contributed by atoms with E-state index in [1.54, 1.807) is 48.5 Å². The number of amides is 6. The van der Waals surface area contributed by atoms with Gasteiger partial charge in [0.25, 0.3) is 0 Å². The number of aliphatic carboxylic acids is 1. The molecular formula is C69H89N11O8. The van der Waals surface area contributed by atoms with Gasteiger partial charge in [-0.05, 0) is 130 Å². The highest BCUT2D eigenvalue weighted by atomic mass is 16.4. The molecule has 88 heavy (non-hydrogen) atoms. The van der Waals surface area contributed by atoms with Crippen molar-refractivity contribution in [1.29, 1.82) is 0 Å². The van der Waals surface area contributed by atoms with Crippen LogP contribution in [0.3, 0.4) is 0 Å². The van der Waals surface area contributed by atoms with Crippen molar-refractivity contribution in [2.24, 2.45) is 28.7 Å². The summed E-state index contributed by atoms with van der Waals surface area (Å²) in [5.41, 5.74) is 33.4. The minimum Gasteiger partial charge on any atom is -0.480 e. The van der Waals surface area contributed by atoms with E-state index in [2.05, 4.69) is 31.9 Å². The van der Waals surface area contributed by atoms with Crippen molar-refractivity contribution in [2.75, 3.05) is 26.2 Å². The van der Waals surface area contributed by atoms with Gasteiger partial charge < -0.3 is 65.7 Å². The Bertz CT molecular complexity index is 2940. The highest BCUT2D eigenvalue weighted by Crippen LogP contribution is 2.34. The lowest BCUT2D eigenvalue weighted by Gasteiger charge is -2.35. The van der Waals surface area contributed by atoms with Gasteiger partial charge >= 0.3 is 5.97 Å². The Kier molecular flexibility index (Phi) is 29.0. The summed E-state index contributed by atoms with van der Waals surface area (Å²) >= 11 is 0. The lowest BCUT2D eigenvalue weighted by molar-refractivity contribution is -0.143. The van der Waals surface area contributed by atoms with Crippen molar-refractivity contribution in [3.63, 3.8) is 0 Å². The molecule has 17 N–H and O–H groups in total. The number of benzene rings is 6. The average molecular weight is 1200 g/mol. The fourth-order valence-electron chi connectivity index (χ4n) is 11.1. The Balaban J connectivity index is 1.43. The molecule has 0 spiro atoms. The second-order valence-electron chi connectivity index (χ2n) is 22.1. The van der Waals surface area contributed by atoms with E-state index in [-0.39, 0.29) is 25.8 Å².